The predicted octanol–water partition coefficient (Wildman–Crippen LogP) is 1.38. The summed E-state index contributed by atoms with van der Waals surface area (Å²) in [6, 6.07) is 0.302. The van der Waals surface area contributed by atoms with E-state index in [1.54, 1.807) is 26.2 Å². The topological polar surface area (TPSA) is 73.2 Å². The minimum atomic E-state index is -3.30. The normalized spacial score (nSPS) is 18.2. The first-order valence-electron chi connectivity index (χ1n) is 6.12. The van der Waals surface area contributed by atoms with Gasteiger partial charge in [-0.25, -0.2) is 8.42 Å². The van der Waals surface area contributed by atoms with Gasteiger partial charge >= 0.3 is 0 Å². The molecule has 0 bridgehead atoms. The molecule has 102 valence electrons. The fourth-order valence-corrected chi connectivity index (χ4v) is 2.49. The summed E-state index contributed by atoms with van der Waals surface area (Å²) in [7, 11) is -3.30. The van der Waals surface area contributed by atoms with E-state index in [1.807, 2.05) is 4.68 Å². The zero-order valence-corrected chi connectivity index (χ0v) is 11.5. The van der Waals surface area contributed by atoms with Gasteiger partial charge in [-0.05, 0) is 26.7 Å². The number of rotatable bonds is 4. The second kappa shape index (κ2) is 5.27. The second-order valence-corrected chi connectivity index (χ2v) is 6.99. The monoisotopic (exact) mass is 273 g/mol. The van der Waals surface area contributed by atoms with Gasteiger partial charge in [-0.3, -0.25) is 9.40 Å². The van der Waals surface area contributed by atoms with Crippen LogP contribution in [0.2, 0.25) is 0 Å². The number of sulfonamides is 1. The Labute approximate surface area is 107 Å². The second-order valence-electron chi connectivity index (χ2n) is 4.75. The number of hydrogen-bond acceptors (Lipinski definition) is 4. The predicted molar refractivity (Wildman–Crippen MR) is 69.0 cm³/mol. The third-order valence-electron chi connectivity index (χ3n) is 3.05. The number of ether oxygens (including phenoxy) is 1. The van der Waals surface area contributed by atoms with E-state index in [2.05, 4.69) is 9.82 Å². The Morgan fingerprint density at radius 1 is 1.44 bits per heavy atom. The van der Waals surface area contributed by atoms with Crippen LogP contribution in [0.1, 0.15) is 32.7 Å². The first kappa shape index (κ1) is 13.4. The molecule has 0 aliphatic carbocycles. The standard InChI is InChI=1S/C11H19N3O3S/c1-9(2)18(15,16)13-10-7-12-14(8-10)11-3-5-17-6-4-11/h7-9,11,13H,3-6H2,1-2H3. The largest absolute Gasteiger partial charge is 0.381 e. The van der Waals surface area contributed by atoms with Crippen molar-refractivity contribution < 1.29 is 13.2 Å². The SMILES string of the molecule is CC(C)S(=O)(=O)Nc1cnn(C2CCOCC2)c1. The molecular formula is C11H19N3O3S. The molecule has 0 unspecified atom stereocenters. The highest BCUT2D eigenvalue weighted by Crippen LogP contribution is 2.22. The molecule has 0 atom stereocenters. The van der Waals surface area contributed by atoms with Gasteiger partial charge in [0.05, 0.1) is 23.2 Å². The van der Waals surface area contributed by atoms with Crippen molar-refractivity contribution in [3.63, 3.8) is 0 Å². The molecule has 1 N–H and O–H groups in total. The van der Waals surface area contributed by atoms with E-state index in [9.17, 15) is 8.42 Å². The Morgan fingerprint density at radius 2 is 2.11 bits per heavy atom. The molecule has 1 aromatic heterocycles. The first-order valence-corrected chi connectivity index (χ1v) is 7.67. The third-order valence-corrected chi connectivity index (χ3v) is 4.81. The summed E-state index contributed by atoms with van der Waals surface area (Å²) >= 11 is 0. The van der Waals surface area contributed by atoms with Crippen LogP contribution in [0.4, 0.5) is 5.69 Å². The van der Waals surface area contributed by atoms with Crippen molar-refractivity contribution in [2.45, 2.75) is 38.0 Å². The fraction of sp³-hybridized carbons (Fsp3) is 0.727. The highest BCUT2D eigenvalue weighted by Gasteiger charge is 2.19. The van der Waals surface area contributed by atoms with E-state index in [0.717, 1.165) is 26.1 Å². The molecule has 1 aliphatic heterocycles. The summed E-state index contributed by atoms with van der Waals surface area (Å²) in [5.41, 5.74) is 0.523. The summed E-state index contributed by atoms with van der Waals surface area (Å²) in [6.45, 7) is 4.76. The summed E-state index contributed by atoms with van der Waals surface area (Å²) in [6.07, 6.45) is 5.13. The molecule has 1 aliphatic rings. The lowest BCUT2D eigenvalue weighted by Gasteiger charge is -2.22. The Hall–Kier alpha value is -1.08. The van der Waals surface area contributed by atoms with Crippen LogP contribution in [-0.4, -0.2) is 36.7 Å². The van der Waals surface area contributed by atoms with Gasteiger partial charge in [0.2, 0.25) is 10.0 Å². The zero-order valence-electron chi connectivity index (χ0n) is 10.7. The van der Waals surface area contributed by atoms with Crippen molar-refractivity contribution >= 4 is 15.7 Å². The van der Waals surface area contributed by atoms with Gasteiger partial charge in [-0.1, -0.05) is 0 Å². The van der Waals surface area contributed by atoms with E-state index in [1.165, 1.54) is 0 Å². The lowest BCUT2D eigenvalue weighted by atomic mass is 10.1. The maximum atomic E-state index is 11.7. The third kappa shape index (κ3) is 3.02. The van der Waals surface area contributed by atoms with Gasteiger partial charge in [0.15, 0.2) is 0 Å². The van der Waals surface area contributed by atoms with Crippen LogP contribution in [0, 0.1) is 0 Å². The molecule has 1 fully saturated rings. The van der Waals surface area contributed by atoms with E-state index >= 15 is 0 Å². The van der Waals surface area contributed by atoms with Gasteiger partial charge in [0, 0.05) is 19.4 Å². The molecule has 6 nitrogen and oxygen atoms in total. The highest BCUT2D eigenvalue weighted by molar-refractivity contribution is 7.93. The van der Waals surface area contributed by atoms with Crippen molar-refractivity contribution in [2.75, 3.05) is 17.9 Å². The molecule has 2 heterocycles. The minimum Gasteiger partial charge on any atom is -0.381 e. The number of aromatic nitrogens is 2. The van der Waals surface area contributed by atoms with Crippen LogP contribution in [0.15, 0.2) is 12.4 Å². The maximum absolute atomic E-state index is 11.7. The molecule has 0 amide bonds. The molecule has 2 rings (SSSR count). The van der Waals surface area contributed by atoms with E-state index in [4.69, 9.17) is 4.74 Å². The smallest absolute Gasteiger partial charge is 0.235 e. The van der Waals surface area contributed by atoms with Gasteiger partial charge in [0.1, 0.15) is 0 Å². The van der Waals surface area contributed by atoms with Crippen LogP contribution in [0.3, 0.4) is 0 Å². The lowest BCUT2D eigenvalue weighted by molar-refractivity contribution is 0.0662. The summed E-state index contributed by atoms with van der Waals surface area (Å²) < 4.78 is 33.1. The van der Waals surface area contributed by atoms with Gasteiger partial charge in [-0.2, -0.15) is 5.10 Å². The van der Waals surface area contributed by atoms with Crippen LogP contribution in [-0.2, 0) is 14.8 Å². The van der Waals surface area contributed by atoms with Gasteiger partial charge in [-0.15, -0.1) is 0 Å². The minimum absolute atomic E-state index is 0.302. The lowest BCUT2D eigenvalue weighted by Crippen LogP contribution is -2.22. The van der Waals surface area contributed by atoms with E-state index in [-0.39, 0.29) is 0 Å². The Kier molecular flexibility index (Phi) is 3.91. The Bertz CT molecular complexity index is 489. The summed E-state index contributed by atoms with van der Waals surface area (Å²) in [4.78, 5) is 0. The zero-order chi connectivity index (χ0) is 13.2. The number of hydrogen-bond donors (Lipinski definition) is 1. The van der Waals surface area contributed by atoms with Gasteiger partial charge in [0.25, 0.3) is 0 Å². The Balaban J connectivity index is 2.06. The molecule has 0 saturated carbocycles. The molecule has 0 radical (unpaired) electrons. The van der Waals surface area contributed by atoms with E-state index < -0.39 is 15.3 Å². The maximum Gasteiger partial charge on any atom is 0.235 e. The molecule has 0 aromatic carbocycles. The van der Waals surface area contributed by atoms with Crippen molar-refractivity contribution in [1.82, 2.24) is 9.78 Å². The van der Waals surface area contributed by atoms with Gasteiger partial charge < -0.3 is 4.74 Å². The quantitative estimate of drug-likeness (QED) is 0.899. The van der Waals surface area contributed by atoms with Crippen LogP contribution in [0.25, 0.3) is 0 Å². The molecular weight excluding hydrogens is 254 g/mol. The average molecular weight is 273 g/mol. The highest BCUT2D eigenvalue weighted by atomic mass is 32.2. The first-order chi connectivity index (χ1) is 8.49. The number of nitrogens with one attached hydrogen (secondary N) is 1. The molecule has 1 saturated heterocycles. The van der Waals surface area contributed by atoms with Crippen LogP contribution in [0.5, 0.6) is 0 Å². The van der Waals surface area contributed by atoms with Crippen molar-refractivity contribution in [3.05, 3.63) is 12.4 Å². The number of nitrogens with zero attached hydrogens (tertiary/aromatic N) is 2. The molecule has 18 heavy (non-hydrogen) atoms. The van der Waals surface area contributed by atoms with Crippen LogP contribution < -0.4 is 4.72 Å². The fourth-order valence-electron chi connectivity index (χ4n) is 1.82. The summed E-state index contributed by atoms with van der Waals surface area (Å²) in [5.74, 6) is 0. The molecule has 0 spiro atoms. The van der Waals surface area contributed by atoms with Crippen LogP contribution >= 0.6 is 0 Å². The summed E-state index contributed by atoms with van der Waals surface area (Å²) in [5, 5.41) is 3.76. The van der Waals surface area contributed by atoms with Crippen molar-refractivity contribution in [2.24, 2.45) is 0 Å². The van der Waals surface area contributed by atoms with E-state index in [0.29, 0.717) is 11.7 Å². The van der Waals surface area contributed by atoms with Crippen molar-refractivity contribution in [1.29, 1.82) is 0 Å². The Morgan fingerprint density at radius 3 is 2.72 bits per heavy atom. The molecule has 7 heteroatoms. The number of anilines is 1. The van der Waals surface area contributed by atoms with Crippen molar-refractivity contribution in [3.8, 4) is 0 Å². The molecule has 1 aromatic rings. The average Bonchev–Trinajstić information content (AvgIpc) is 2.78.